The summed E-state index contributed by atoms with van der Waals surface area (Å²) in [6, 6.07) is 5.45. The van der Waals surface area contributed by atoms with E-state index in [2.05, 4.69) is 11.8 Å². The summed E-state index contributed by atoms with van der Waals surface area (Å²) >= 11 is 5.86. The predicted molar refractivity (Wildman–Crippen MR) is 62.2 cm³/mol. The average molecular weight is 226 g/mol. The van der Waals surface area contributed by atoms with Crippen LogP contribution in [0.4, 0.5) is 0 Å². The molecule has 2 rings (SSSR count). The molecule has 0 radical (unpaired) electrons. The van der Waals surface area contributed by atoms with Gasteiger partial charge in [-0.15, -0.1) is 0 Å². The van der Waals surface area contributed by atoms with Crippen LogP contribution in [-0.2, 0) is 6.54 Å². The number of hydrogen-bond donors (Lipinski definition) is 1. The summed E-state index contributed by atoms with van der Waals surface area (Å²) in [5.41, 5.74) is 1.17. The van der Waals surface area contributed by atoms with Crippen molar-refractivity contribution in [2.75, 3.05) is 13.1 Å². The maximum absolute atomic E-state index is 9.30. The van der Waals surface area contributed by atoms with E-state index in [0.717, 1.165) is 12.5 Å². The summed E-state index contributed by atoms with van der Waals surface area (Å²) in [4.78, 5) is 2.42. The zero-order valence-corrected chi connectivity index (χ0v) is 9.67. The fourth-order valence-electron chi connectivity index (χ4n) is 2.08. The van der Waals surface area contributed by atoms with Crippen LogP contribution in [-0.4, -0.2) is 23.1 Å². The van der Waals surface area contributed by atoms with Gasteiger partial charge in [0, 0.05) is 13.1 Å². The highest BCUT2D eigenvalue weighted by molar-refractivity contribution is 6.32. The lowest BCUT2D eigenvalue weighted by Gasteiger charge is -2.15. The molecular weight excluding hydrogens is 210 g/mol. The smallest absolute Gasteiger partial charge is 0.134 e. The van der Waals surface area contributed by atoms with Gasteiger partial charge in [-0.3, -0.25) is 4.90 Å². The number of likely N-dealkylation sites (tertiary alicyclic amines) is 1. The van der Waals surface area contributed by atoms with Gasteiger partial charge in [0.25, 0.3) is 0 Å². The molecule has 1 aromatic rings. The molecule has 1 N–H and O–H groups in total. The van der Waals surface area contributed by atoms with E-state index >= 15 is 0 Å². The minimum atomic E-state index is 0.162. The van der Waals surface area contributed by atoms with Gasteiger partial charge in [0.15, 0.2) is 0 Å². The van der Waals surface area contributed by atoms with Crippen molar-refractivity contribution in [1.82, 2.24) is 4.90 Å². The van der Waals surface area contributed by atoms with Crippen molar-refractivity contribution in [1.29, 1.82) is 0 Å². The third kappa shape index (κ3) is 2.64. The van der Waals surface area contributed by atoms with Crippen LogP contribution in [0.1, 0.15) is 18.9 Å². The molecule has 0 spiro atoms. The molecule has 0 amide bonds. The van der Waals surface area contributed by atoms with E-state index in [0.29, 0.717) is 5.02 Å². The molecule has 1 aromatic carbocycles. The fraction of sp³-hybridized carbons (Fsp3) is 0.500. The summed E-state index contributed by atoms with van der Waals surface area (Å²) in [6.07, 6.45) is 1.28. The Labute approximate surface area is 95.5 Å². The number of halogens is 1. The van der Waals surface area contributed by atoms with Crippen LogP contribution < -0.4 is 0 Å². The second-order valence-corrected chi connectivity index (χ2v) is 4.82. The summed E-state index contributed by atoms with van der Waals surface area (Å²) in [6.45, 7) is 5.55. The molecule has 2 nitrogen and oxygen atoms in total. The first-order chi connectivity index (χ1) is 7.15. The van der Waals surface area contributed by atoms with Gasteiger partial charge < -0.3 is 5.11 Å². The summed E-state index contributed by atoms with van der Waals surface area (Å²) < 4.78 is 0. The quantitative estimate of drug-likeness (QED) is 0.837. The molecule has 1 heterocycles. The van der Waals surface area contributed by atoms with Gasteiger partial charge >= 0.3 is 0 Å². The minimum Gasteiger partial charge on any atom is -0.506 e. The van der Waals surface area contributed by atoms with Crippen LogP contribution in [0.5, 0.6) is 5.75 Å². The third-order valence-corrected chi connectivity index (χ3v) is 3.23. The van der Waals surface area contributed by atoms with E-state index < -0.39 is 0 Å². The first kappa shape index (κ1) is 10.8. The molecule has 0 aliphatic carbocycles. The monoisotopic (exact) mass is 225 g/mol. The average Bonchev–Trinajstić information content (AvgIpc) is 2.58. The molecule has 82 valence electrons. The fourth-order valence-corrected chi connectivity index (χ4v) is 2.28. The Hall–Kier alpha value is -0.730. The van der Waals surface area contributed by atoms with Crippen molar-refractivity contribution >= 4 is 11.6 Å². The highest BCUT2D eigenvalue weighted by Gasteiger charge is 2.18. The summed E-state index contributed by atoms with van der Waals surface area (Å²) in [5.74, 6) is 0.966. The van der Waals surface area contributed by atoms with Crippen LogP contribution in [0, 0.1) is 5.92 Å². The molecular formula is C12H16ClNO. The Bertz CT molecular complexity index is 353. The minimum absolute atomic E-state index is 0.162. The second kappa shape index (κ2) is 4.42. The molecule has 0 aromatic heterocycles. The Balaban J connectivity index is 2.02. The highest BCUT2D eigenvalue weighted by atomic mass is 35.5. The number of nitrogens with zero attached hydrogens (tertiary/aromatic N) is 1. The maximum atomic E-state index is 9.30. The normalized spacial score (nSPS) is 22.1. The van der Waals surface area contributed by atoms with Crippen LogP contribution >= 0.6 is 11.6 Å². The third-order valence-electron chi connectivity index (χ3n) is 2.93. The van der Waals surface area contributed by atoms with Crippen LogP contribution in [0.15, 0.2) is 18.2 Å². The molecule has 0 saturated carbocycles. The molecule has 0 bridgehead atoms. The van der Waals surface area contributed by atoms with Crippen LogP contribution in [0.2, 0.25) is 5.02 Å². The van der Waals surface area contributed by atoms with E-state index in [1.807, 2.05) is 12.1 Å². The summed E-state index contributed by atoms with van der Waals surface area (Å²) in [7, 11) is 0. The Morgan fingerprint density at radius 1 is 1.53 bits per heavy atom. The van der Waals surface area contributed by atoms with E-state index in [4.69, 9.17) is 11.6 Å². The molecule has 15 heavy (non-hydrogen) atoms. The van der Waals surface area contributed by atoms with E-state index in [9.17, 15) is 5.11 Å². The van der Waals surface area contributed by atoms with Crippen molar-refractivity contribution in [2.45, 2.75) is 19.9 Å². The molecule has 1 aliphatic heterocycles. The number of aromatic hydroxyl groups is 1. The number of phenolic OH excluding ortho intramolecular Hbond substituents is 1. The Morgan fingerprint density at radius 2 is 2.33 bits per heavy atom. The Kier molecular flexibility index (Phi) is 3.17. The number of phenols is 1. The lowest BCUT2D eigenvalue weighted by molar-refractivity contribution is 0.320. The standard InChI is InChI=1S/C12H16ClNO/c1-9-4-5-14(7-9)8-10-2-3-12(15)11(13)6-10/h2-3,6,9,15H,4-5,7-8H2,1H3. The summed E-state index contributed by atoms with van der Waals surface area (Å²) in [5, 5.41) is 9.75. The van der Waals surface area contributed by atoms with Gasteiger partial charge in [-0.05, 0) is 36.6 Å². The molecule has 1 atom stereocenters. The van der Waals surface area contributed by atoms with Gasteiger partial charge in [0.1, 0.15) is 5.75 Å². The number of rotatable bonds is 2. The SMILES string of the molecule is CC1CCN(Cc2ccc(O)c(Cl)c2)C1. The van der Waals surface area contributed by atoms with Gasteiger partial charge in [0.2, 0.25) is 0 Å². The lowest BCUT2D eigenvalue weighted by atomic mass is 10.2. The van der Waals surface area contributed by atoms with Crippen molar-refractivity contribution < 1.29 is 5.11 Å². The Morgan fingerprint density at radius 3 is 2.93 bits per heavy atom. The van der Waals surface area contributed by atoms with Gasteiger partial charge in [-0.2, -0.15) is 0 Å². The second-order valence-electron chi connectivity index (χ2n) is 4.41. The van der Waals surface area contributed by atoms with E-state index in [-0.39, 0.29) is 5.75 Å². The zero-order chi connectivity index (χ0) is 10.8. The molecule has 1 aliphatic rings. The largest absolute Gasteiger partial charge is 0.506 e. The van der Waals surface area contributed by atoms with Crippen molar-refractivity contribution in [3.05, 3.63) is 28.8 Å². The molecule has 1 fully saturated rings. The highest BCUT2D eigenvalue weighted by Crippen LogP contribution is 2.25. The van der Waals surface area contributed by atoms with Crippen molar-refractivity contribution in [2.24, 2.45) is 5.92 Å². The number of benzene rings is 1. The van der Waals surface area contributed by atoms with Gasteiger partial charge in [-0.1, -0.05) is 24.6 Å². The van der Waals surface area contributed by atoms with Crippen molar-refractivity contribution in [3.8, 4) is 5.75 Å². The van der Waals surface area contributed by atoms with E-state index in [1.165, 1.54) is 25.1 Å². The molecule has 1 saturated heterocycles. The molecule has 3 heteroatoms. The van der Waals surface area contributed by atoms with Crippen LogP contribution in [0.25, 0.3) is 0 Å². The lowest BCUT2D eigenvalue weighted by Crippen LogP contribution is -2.19. The molecule has 1 unspecified atom stereocenters. The van der Waals surface area contributed by atoms with Crippen molar-refractivity contribution in [3.63, 3.8) is 0 Å². The topological polar surface area (TPSA) is 23.5 Å². The van der Waals surface area contributed by atoms with Gasteiger partial charge in [-0.25, -0.2) is 0 Å². The van der Waals surface area contributed by atoms with Gasteiger partial charge in [0.05, 0.1) is 5.02 Å². The van der Waals surface area contributed by atoms with E-state index in [1.54, 1.807) is 6.07 Å². The first-order valence-electron chi connectivity index (χ1n) is 5.35. The predicted octanol–water partition coefficient (Wildman–Crippen LogP) is 2.89. The van der Waals surface area contributed by atoms with Crippen LogP contribution in [0.3, 0.4) is 0 Å². The first-order valence-corrected chi connectivity index (χ1v) is 5.72. The zero-order valence-electron chi connectivity index (χ0n) is 8.91. The maximum Gasteiger partial charge on any atom is 0.134 e. The number of hydrogen-bond acceptors (Lipinski definition) is 2.